The summed E-state index contributed by atoms with van der Waals surface area (Å²) in [5, 5.41) is 9.44. The van der Waals surface area contributed by atoms with Crippen molar-refractivity contribution in [1.29, 1.82) is 0 Å². The van der Waals surface area contributed by atoms with Crippen molar-refractivity contribution in [3.63, 3.8) is 0 Å². The Morgan fingerprint density at radius 2 is 1.71 bits per heavy atom. The smallest absolute Gasteiger partial charge is 0.0431 e. The standard InChI is InChI=1S/C10H22OS.C2H6/c1-3-7-10(12-2)8-5-4-6-9-11;1-2/h10-11H,3-9H2,1-2H3;1-2H3. The van der Waals surface area contributed by atoms with Crippen molar-refractivity contribution < 1.29 is 5.11 Å². The van der Waals surface area contributed by atoms with Crippen LogP contribution in [0.4, 0.5) is 0 Å². The Balaban J connectivity index is 0. The molecule has 0 bridgehead atoms. The Kier molecular flexibility index (Phi) is 18.8. The van der Waals surface area contributed by atoms with Gasteiger partial charge in [-0.3, -0.25) is 0 Å². The fourth-order valence-corrected chi connectivity index (χ4v) is 2.24. The molecule has 0 aliphatic rings. The highest BCUT2D eigenvalue weighted by molar-refractivity contribution is 7.99. The van der Waals surface area contributed by atoms with Gasteiger partial charge in [-0.05, 0) is 25.5 Å². The second-order valence-corrected chi connectivity index (χ2v) is 4.36. The first-order chi connectivity index (χ1) is 6.85. The molecule has 0 aromatic heterocycles. The fraction of sp³-hybridized carbons (Fsp3) is 1.00. The van der Waals surface area contributed by atoms with E-state index >= 15 is 0 Å². The molecule has 0 heterocycles. The molecule has 2 heteroatoms. The number of hydrogen-bond acceptors (Lipinski definition) is 2. The van der Waals surface area contributed by atoms with Gasteiger partial charge in [-0.1, -0.05) is 40.0 Å². The van der Waals surface area contributed by atoms with Gasteiger partial charge in [0.25, 0.3) is 0 Å². The molecule has 0 aromatic carbocycles. The minimum absolute atomic E-state index is 0.359. The van der Waals surface area contributed by atoms with Crippen LogP contribution in [0.15, 0.2) is 0 Å². The van der Waals surface area contributed by atoms with Crippen LogP contribution in [-0.4, -0.2) is 23.2 Å². The van der Waals surface area contributed by atoms with Gasteiger partial charge in [0.1, 0.15) is 0 Å². The van der Waals surface area contributed by atoms with Gasteiger partial charge in [0.2, 0.25) is 0 Å². The van der Waals surface area contributed by atoms with Crippen molar-refractivity contribution in [2.75, 3.05) is 12.9 Å². The Hall–Kier alpha value is 0.310. The molecular weight excluding hydrogens is 192 g/mol. The summed E-state index contributed by atoms with van der Waals surface area (Å²) in [5.41, 5.74) is 0. The van der Waals surface area contributed by atoms with Gasteiger partial charge in [-0.15, -0.1) is 0 Å². The molecule has 1 nitrogen and oxygen atoms in total. The Bertz CT molecular complexity index is 86.4. The highest BCUT2D eigenvalue weighted by atomic mass is 32.2. The number of aliphatic hydroxyl groups is 1. The first-order valence-electron chi connectivity index (χ1n) is 5.98. The number of unbranched alkanes of at least 4 members (excludes halogenated alkanes) is 2. The maximum absolute atomic E-state index is 8.59. The average molecular weight is 220 g/mol. The molecule has 0 radical (unpaired) electrons. The van der Waals surface area contributed by atoms with E-state index < -0.39 is 0 Å². The summed E-state index contributed by atoms with van der Waals surface area (Å²) in [7, 11) is 0. The van der Waals surface area contributed by atoms with E-state index in [1.165, 1.54) is 32.1 Å². The second kappa shape index (κ2) is 15.8. The SMILES string of the molecule is CC.CCCC(CCCCCO)SC. The van der Waals surface area contributed by atoms with E-state index in [2.05, 4.69) is 13.2 Å². The summed E-state index contributed by atoms with van der Waals surface area (Å²) in [6.07, 6.45) is 9.63. The van der Waals surface area contributed by atoms with Crippen LogP contribution in [0.1, 0.15) is 59.3 Å². The number of rotatable bonds is 8. The van der Waals surface area contributed by atoms with E-state index in [1.54, 1.807) is 0 Å². The number of hydrogen-bond donors (Lipinski definition) is 1. The molecule has 0 amide bonds. The zero-order valence-corrected chi connectivity index (χ0v) is 11.2. The summed E-state index contributed by atoms with van der Waals surface area (Å²) in [6.45, 7) is 6.61. The quantitative estimate of drug-likeness (QED) is 0.622. The molecule has 0 rings (SSSR count). The zero-order valence-electron chi connectivity index (χ0n) is 10.4. The summed E-state index contributed by atoms with van der Waals surface area (Å²) < 4.78 is 0. The third-order valence-corrected chi connectivity index (χ3v) is 3.27. The molecular formula is C12H28OS. The highest BCUT2D eigenvalue weighted by Gasteiger charge is 2.04. The first-order valence-corrected chi connectivity index (χ1v) is 7.27. The van der Waals surface area contributed by atoms with Crippen LogP contribution in [0.3, 0.4) is 0 Å². The molecule has 1 N–H and O–H groups in total. The summed E-state index contributed by atoms with van der Waals surface area (Å²) >= 11 is 1.99. The van der Waals surface area contributed by atoms with Gasteiger partial charge in [0, 0.05) is 11.9 Å². The van der Waals surface area contributed by atoms with Crippen molar-refractivity contribution in [3.05, 3.63) is 0 Å². The first kappa shape index (κ1) is 16.7. The minimum Gasteiger partial charge on any atom is -0.396 e. The molecule has 1 atom stereocenters. The van der Waals surface area contributed by atoms with Crippen molar-refractivity contribution in [2.45, 2.75) is 64.5 Å². The van der Waals surface area contributed by atoms with Crippen LogP contribution in [-0.2, 0) is 0 Å². The van der Waals surface area contributed by atoms with Gasteiger partial charge >= 0.3 is 0 Å². The van der Waals surface area contributed by atoms with E-state index in [-0.39, 0.29) is 0 Å². The van der Waals surface area contributed by atoms with Crippen LogP contribution >= 0.6 is 11.8 Å². The van der Waals surface area contributed by atoms with Crippen molar-refractivity contribution in [2.24, 2.45) is 0 Å². The monoisotopic (exact) mass is 220 g/mol. The van der Waals surface area contributed by atoms with Crippen LogP contribution in [0.25, 0.3) is 0 Å². The molecule has 0 aromatic rings. The normalized spacial score (nSPS) is 11.8. The maximum Gasteiger partial charge on any atom is 0.0431 e. The second-order valence-electron chi connectivity index (χ2n) is 3.22. The minimum atomic E-state index is 0.359. The van der Waals surface area contributed by atoms with Crippen LogP contribution < -0.4 is 0 Å². The predicted octanol–water partition coefficient (Wildman–Crippen LogP) is 4.10. The van der Waals surface area contributed by atoms with Gasteiger partial charge in [0.15, 0.2) is 0 Å². The summed E-state index contributed by atoms with van der Waals surface area (Å²) in [6, 6.07) is 0. The van der Waals surface area contributed by atoms with Crippen molar-refractivity contribution in [3.8, 4) is 0 Å². The van der Waals surface area contributed by atoms with Gasteiger partial charge < -0.3 is 5.11 Å². The summed E-state index contributed by atoms with van der Waals surface area (Å²) in [5.74, 6) is 0. The highest BCUT2D eigenvalue weighted by Crippen LogP contribution is 2.19. The van der Waals surface area contributed by atoms with E-state index in [1.807, 2.05) is 25.6 Å². The Labute approximate surface area is 94.7 Å². The summed E-state index contributed by atoms with van der Waals surface area (Å²) in [4.78, 5) is 0. The lowest BCUT2D eigenvalue weighted by molar-refractivity contribution is 0.282. The lowest BCUT2D eigenvalue weighted by Crippen LogP contribution is -2.01. The molecule has 0 aliphatic heterocycles. The molecule has 0 fully saturated rings. The van der Waals surface area contributed by atoms with Crippen LogP contribution in [0.2, 0.25) is 0 Å². The Morgan fingerprint density at radius 1 is 1.07 bits per heavy atom. The Morgan fingerprint density at radius 3 is 2.14 bits per heavy atom. The van der Waals surface area contributed by atoms with Gasteiger partial charge in [-0.25, -0.2) is 0 Å². The van der Waals surface area contributed by atoms with Gasteiger partial charge in [0.05, 0.1) is 0 Å². The van der Waals surface area contributed by atoms with Crippen molar-refractivity contribution >= 4 is 11.8 Å². The molecule has 0 saturated carbocycles. The largest absolute Gasteiger partial charge is 0.396 e. The molecule has 1 unspecified atom stereocenters. The van der Waals surface area contributed by atoms with E-state index in [9.17, 15) is 0 Å². The maximum atomic E-state index is 8.59. The number of thioether (sulfide) groups is 1. The third kappa shape index (κ3) is 12.3. The van der Waals surface area contributed by atoms with Crippen LogP contribution in [0, 0.1) is 0 Å². The molecule has 0 aliphatic carbocycles. The van der Waals surface area contributed by atoms with E-state index in [4.69, 9.17) is 5.11 Å². The van der Waals surface area contributed by atoms with Crippen molar-refractivity contribution in [1.82, 2.24) is 0 Å². The molecule has 0 spiro atoms. The van der Waals surface area contributed by atoms with E-state index in [0.717, 1.165) is 11.7 Å². The zero-order chi connectivity index (χ0) is 11.2. The van der Waals surface area contributed by atoms with Gasteiger partial charge in [-0.2, -0.15) is 11.8 Å². The lowest BCUT2D eigenvalue weighted by Gasteiger charge is -2.12. The molecule has 88 valence electrons. The third-order valence-electron chi connectivity index (χ3n) is 2.13. The van der Waals surface area contributed by atoms with E-state index in [0.29, 0.717) is 6.61 Å². The predicted molar refractivity (Wildman–Crippen MR) is 69.1 cm³/mol. The molecule has 0 saturated heterocycles. The lowest BCUT2D eigenvalue weighted by atomic mass is 10.1. The molecule has 14 heavy (non-hydrogen) atoms. The number of aliphatic hydroxyl groups excluding tert-OH is 1. The average Bonchev–Trinajstić information content (AvgIpc) is 2.25. The van der Waals surface area contributed by atoms with Crippen LogP contribution in [0.5, 0.6) is 0 Å². The fourth-order valence-electron chi connectivity index (χ4n) is 1.36. The topological polar surface area (TPSA) is 20.2 Å².